The summed E-state index contributed by atoms with van der Waals surface area (Å²) in [6, 6.07) is 11.4. The molecule has 0 aliphatic carbocycles. The number of likely N-dealkylation sites (N-methyl/N-ethyl adjacent to an activating group) is 1. The van der Waals surface area contributed by atoms with Crippen molar-refractivity contribution in [3.05, 3.63) is 54.1 Å². The molecule has 1 aliphatic rings. The number of anilines is 1. The van der Waals surface area contributed by atoms with Gasteiger partial charge in [-0.25, -0.2) is 8.42 Å². The Labute approximate surface area is 225 Å². The number of ether oxygens (including phenoxy) is 1. The summed E-state index contributed by atoms with van der Waals surface area (Å²) in [5.41, 5.74) is 0.123. The first-order chi connectivity index (χ1) is 18.2. The van der Waals surface area contributed by atoms with Crippen LogP contribution in [0.5, 0.6) is 5.75 Å². The fourth-order valence-electron chi connectivity index (χ4n) is 4.12. The smallest absolute Gasteiger partial charge is 0.389 e. The Morgan fingerprint density at radius 1 is 1.23 bits per heavy atom. The molecule has 0 saturated carbocycles. The molecule has 214 valence electrons. The highest BCUT2D eigenvalue weighted by Crippen LogP contribution is 2.31. The zero-order valence-corrected chi connectivity index (χ0v) is 22.6. The number of fused-ring (bicyclic) bond motifs is 1. The molecular weight excluding hydrogens is 539 g/mol. The van der Waals surface area contributed by atoms with Gasteiger partial charge in [0.05, 0.1) is 36.1 Å². The zero-order chi connectivity index (χ0) is 29.0. The zero-order valence-electron chi connectivity index (χ0n) is 21.8. The van der Waals surface area contributed by atoms with Crippen LogP contribution in [-0.4, -0.2) is 79.6 Å². The molecule has 2 amide bonds. The van der Waals surface area contributed by atoms with Gasteiger partial charge in [0.1, 0.15) is 11.9 Å². The van der Waals surface area contributed by atoms with Crippen molar-refractivity contribution in [2.75, 3.05) is 32.1 Å². The van der Waals surface area contributed by atoms with Gasteiger partial charge in [-0.1, -0.05) is 25.1 Å². The van der Waals surface area contributed by atoms with Gasteiger partial charge in [-0.05, 0) is 37.3 Å². The molecule has 0 fully saturated rings. The minimum absolute atomic E-state index is 0.0226. The van der Waals surface area contributed by atoms with Crippen molar-refractivity contribution in [1.82, 2.24) is 9.21 Å². The van der Waals surface area contributed by atoms with Gasteiger partial charge in [0, 0.05) is 31.6 Å². The molecule has 0 aromatic heterocycles. The summed E-state index contributed by atoms with van der Waals surface area (Å²) < 4.78 is 71.0. The van der Waals surface area contributed by atoms with Crippen molar-refractivity contribution in [1.29, 1.82) is 0 Å². The second-order valence-electron chi connectivity index (χ2n) is 9.60. The summed E-state index contributed by atoms with van der Waals surface area (Å²) >= 11 is 0. The van der Waals surface area contributed by atoms with Crippen molar-refractivity contribution in [2.45, 2.75) is 49.9 Å². The molecular formula is C26H32F3N3O6S. The largest absolute Gasteiger partial charge is 0.488 e. The number of benzene rings is 2. The van der Waals surface area contributed by atoms with E-state index in [1.165, 1.54) is 46.6 Å². The first-order valence-electron chi connectivity index (χ1n) is 12.3. The number of halogens is 3. The summed E-state index contributed by atoms with van der Waals surface area (Å²) in [5.74, 6) is -1.61. The number of aliphatic hydroxyl groups excluding tert-OH is 1. The van der Waals surface area contributed by atoms with Crippen LogP contribution in [0.4, 0.5) is 18.9 Å². The third kappa shape index (κ3) is 7.70. The van der Waals surface area contributed by atoms with Crippen LogP contribution in [0.3, 0.4) is 0 Å². The number of amides is 2. The lowest BCUT2D eigenvalue weighted by Gasteiger charge is -2.38. The first-order valence-corrected chi connectivity index (χ1v) is 13.8. The molecule has 2 N–H and O–H groups in total. The maximum absolute atomic E-state index is 13.5. The molecule has 1 aliphatic heterocycles. The molecule has 0 bridgehead atoms. The number of rotatable bonds is 9. The first kappa shape index (κ1) is 30.4. The average molecular weight is 572 g/mol. The van der Waals surface area contributed by atoms with Crippen molar-refractivity contribution < 1.29 is 41.0 Å². The van der Waals surface area contributed by atoms with E-state index in [-0.39, 0.29) is 47.5 Å². The molecule has 0 spiro atoms. The van der Waals surface area contributed by atoms with E-state index in [0.29, 0.717) is 0 Å². The van der Waals surface area contributed by atoms with Crippen molar-refractivity contribution in [3.63, 3.8) is 0 Å². The summed E-state index contributed by atoms with van der Waals surface area (Å²) in [4.78, 5) is 27.1. The number of carbonyl (C=O) groups is 2. The Hall–Kier alpha value is -3.16. The van der Waals surface area contributed by atoms with E-state index in [0.717, 1.165) is 0 Å². The van der Waals surface area contributed by atoms with Gasteiger partial charge in [0.25, 0.3) is 5.91 Å². The molecule has 2 aromatic carbocycles. The van der Waals surface area contributed by atoms with E-state index in [9.17, 15) is 36.3 Å². The second kappa shape index (κ2) is 12.3. The summed E-state index contributed by atoms with van der Waals surface area (Å²) in [6.07, 6.45) is -7.26. The van der Waals surface area contributed by atoms with E-state index in [1.807, 2.05) is 0 Å². The van der Waals surface area contributed by atoms with Gasteiger partial charge in [-0.2, -0.15) is 17.5 Å². The SMILES string of the molecule is C[C@@H]1CN([C@H](C)CO)C(=O)c2cc(NC(=O)CCC(F)(F)F)ccc2O[C@H]1CN(C)S(=O)(=O)c1ccccc1. The van der Waals surface area contributed by atoms with Crippen LogP contribution < -0.4 is 10.1 Å². The normalized spacial score (nSPS) is 19.1. The highest BCUT2D eigenvalue weighted by molar-refractivity contribution is 7.89. The Morgan fingerprint density at radius 3 is 2.51 bits per heavy atom. The minimum Gasteiger partial charge on any atom is -0.488 e. The number of aliphatic hydroxyl groups is 1. The van der Waals surface area contributed by atoms with Crippen LogP contribution in [0.15, 0.2) is 53.4 Å². The number of nitrogens with zero attached hydrogens (tertiary/aromatic N) is 2. The van der Waals surface area contributed by atoms with E-state index < -0.39 is 53.0 Å². The lowest BCUT2D eigenvalue weighted by Crippen LogP contribution is -2.50. The van der Waals surface area contributed by atoms with Gasteiger partial charge < -0.3 is 20.1 Å². The van der Waals surface area contributed by atoms with Gasteiger partial charge in [-0.3, -0.25) is 9.59 Å². The van der Waals surface area contributed by atoms with Gasteiger partial charge in [0.15, 0.2) is 0 Å². The predicted octanol–water partition coefficient (Wildman–Crippen LogP) is 3.51. The molecule has 0 unspecified atom stereocenters. The molecule has 2 aromatic rings. The van der Waals surface area contributed by atoms with E-state index in [2.05, 4.69) is 5.32 Å². The molecule has 13 heteroatoms. The highest BCUT2D eigenvalue weighted by atomic mass is 32.2. The lowest BCUT2D eigenvalue weighted by molar-refractivity contribution is -0.142. The van der Waals surface area contributed by atoms with Crippen LogP contribution in [-0.2, 0) is 14.8 Å². The third-order valence-corrected chi connectivity index (χ3v) is 8.31. The number of carbonyl (C=O) groups excluding carboxylic acids is 2. The second-order valence-corrected chi connectivity index (χ2v) is 11.6. The standard InChI is InChI=1S/C26H32F3N3O6S/c1-17-14-32(18(2)16-33)25(35)21-13-19(30-24(34)11-12-26(27,28)29)9-10-22(21)38-23(17)15-31(3)39(36,37)20-7-5-4-6-8-20/h4-10,13,17-18,23,33H,11-12,14-16H2,1-3H3,(H,30,34)/t17-,18-,23+/m1/s1. The Bertz CT molecular complexity index is 1270. The topological polar surface area (TPSA) is 116 Å². The monoisotopic (exact) mass is 571 g/mol. The number of hydrogen-bond acceptors (Lipinski definition) is 6. The molecule has 39 heavy (non-hydrogen) atoms. The van der Waals surface area contributed by atoms with Crippen molar-refractivity contribution in [2.24, 2.45) is 5.92 Å². The molecule has 3 atom stereocenters. The number of hydrogen-bond donors (Lipinski definition) is 2. The number of nitrogens with one attached hydrogen (secondary N) is 1. The summed E-state index contributed by atoms with van der Waals surface area (Å²) in [6.45, 7) is 3.19. The fraction of sp³-hybridized carbons (Fsp3) is 0.462. The van der Waals surface area contributed by atoms with Crippen LogP contribution in [0.2, 0.25) is 0 Å². The van der Waals surface area contributed by atoms with Crippen molar-refractivity contribution >= 4 is 27.5 Å². The lowest BCUT2D eigenvalue weighted by atomic mass is 9.99. The third-order valence-electron chi connectivity index (χ3n) is 6.47. The predicted molar refractivity (Wildman–Crippen MR) is 138 cm³/mol. The molecule has 0 saturated heterocycles. The highest BCUT2D eigenvalue weighted by Gasteiger charge is 2.35. The van der Waals surface area contributed by atoms with Crippen LogP contribution in [0.1, 0.15) is 37.0 Å². The molecule has 1 heterocycles. The Morgan fingerprint density at radius 2 is 1.90 bits per heavy atom. The Balaban J connectivity index is 1.91. The molecule has 0 radical (unpaired) electrons. The van der Waals surface area contributed by atoms with Crippen LogP contribution >= 0.6 is 0 Å². The number of alkyl halides is 3. The van der Waals surface area contributed by atoms with Crippen LogP contribution in [0.25, 0.3) is 0 Å². The van der Waals surface area contributed by atoms with Gasteiger partial charge in [-0.15, -0.1) is 0 Å². The van der Waals surface area contributed by atoms with Crippen LogP contribution in [0, 0.1) is 5.92 Å². The number of sulfonamides is 1. The maximum Gasteiger partial charge on any atom is 0.389 e. The maximum atomic E-state index is 13.5. The van der Waals surface area contributed by atoms with E-state index in [4.69, 9.17) is 4.74 Å². The molecule has 9 nitrogen and oxygen atoms in total. The minimum atomic E-state index is -4.49. The summed E-state index contributed by atoms with van der Waals surface area (Å²) in [5, 5.41) is 12.1. The van der Waals surface area contributed by atoms with E-state index in [1.54, 1.807) is 32.0 Å². The molecule has 3 rings (SSSR count). The Kier molecular flexibility index (Phi) is 9.62. The van der Waals surface area contributed by atoms with Gasteiger partial charge in [0.2, 0.25) is 15.9 Å². The van der Waals surface area contributed by atoms with Gasteiger partial charge >= 0.3 is 6.18 Å². The van der Waals surface area contributed by atoms with E-state index >= 15 is 0 Å². The summed E-state index contributed by atoms with van der Waals surface area (Å²) in [7, 11) is -2.41. The average Bonchev–Trinajstić information content (AvgIpc) is 2.89. The fourth-order valence-corrected chi connectivity index (χ4v) is 5.33. The quantitative estimate of drug-likeness (QED) is 0.476. The van der Waals surface area contributed by atoms with Crippen molar-refractivity contribution in [3.8, 4) is 5.75 Å².